The largest absolute Gasteiger partial charge is 0.756 e. The average molecular weight is 1240 g/mol. The van der Waals surface area contributed by atoms with Crippen LogP contribution in [0.15, 0.2) is 48.6 Å². The minimum Gasteiger partial charge on any atom is -0.756 e. The molecule has 0 aliphatic heterocycles. The van der Waals surface area contributed by atoms with Gasteiger partial charge in [-0.1, -0.05) is 364 Å². The molecule has 0 aromatic carbocycles. The number of phosphoric acid groups is 1. The van der Waals surface area contributed by atoms with E-state index in [0.717, 1.165) is 70.6 Å². The monoisotopic (exact) mass is 1240 g/mol. The summed E-state index contributed by atoms with van der Waals surface area (Å²) < 4.78 is 34.3. The van der Waals surface area contributed by atoms with E-state index in [1.165, 1.54) is 276 Å². The van der Waals surface area contributed by atoms with Crippen LogP contribution in [0.4, 0.5) is 0 Å². The van der Waals surface area contributed by atoms with Crippen molar-refractivity contribution in [3.8, 4) is 0 Å². The summed E-state index contributed by atoms with van der Waals surface area (Å²) in [5, 5.41) is 0. The van der Waals surface area contributed by atoms with E-state index in [1.807, 2.05) is 21.1 Å². The molecule has 512 valence electrons. The molecular weight excluding hydrogens is 1100 g/mol. The zero-order valence-electron chi connectivity index (χ0n) is 58.5. The van der Waals surface area contributed by atoms with Crippen LogP contribution in [-0.2, 0) is 32.7 Å². The lowest BCUT2D eigenvalue weighted by atomic mass is 10.0. The average Bonchev–Trinajstić information content (AvgIpc) is 3.68. The smallest absolute Gasteiger partial charge is 0.306 e. The van der Waals surface area contributed by atoms with Crippen LogP contribution in [0, 0.1) is 0 Å². The van der Waals surface area contributed by atoms with Crippen LogP contribution < -0.4 is 4.89 Å². The summed E-state index contributed by atoms with van der Waals surface area (Å²) in [4.78, 5) is 38.1. The van der Waals surface area contributed by atoms with Gasteiger partial charge in [-0.2, -0.15) is 0 Å². The lowest BCUT2D eigenvalue weighted by Gasteiger charge is -2.28. The Morgan fingerprint density at radius 3 is 0.977 bits per heavy atom. The van der Waals surface area contributed by atoms with Crippen LogP contribution in [0.25, 0.3) is 0 Å². The molecule has 0 saturated carbocycles. The van der Waals surface area contributed by atoms with Gasteiger partial charge in [0.1, 0.15) is 19.8 Å². The van der Waals surface area contributed by atoms with E-state index in [9.17, 15) is 19.0 Å². The van der Waals surface area contributed by atoms with Crippen LogP contribution in [-0.4, -0.2) is 70.0 Å². The Morgan fingerprint density at radius 1 is 0.368 bits per heavy atom. The molecule has 2 unspecified atom stereocenters. The molecule has 9 nitrogen and oxygen atoms in total. The molecule has 0 aromatic heterocycles. The third kappa shape index (κ3) is 72.9. The Labute approximate surface area is 541 Å². The second-order valence-corrected chi connectivity index (χ2v) is 28.4. The lowest BCUT2D eigenvalue weighted by molar-refractivity contribution is -0.870. The molecule has 0 rings (SSSR count). The number of unbranched alkanes of at least 4 members (excludes halogenated alkanes) is 49. The maximum absolute atomic E-state index is 12.9. The van der Waals surface area contributed by atoms with E-state index in [4.69, 9.17) is 18.5 Å². The minimum atomic E-state index is -4.64. The van der Waals surface area contributed by atoms with Gasteiger partial charge in [-0.05, 0) is 51.4 Å². The number of carbonyl (C=O) groups is 2. The normalized spacial score (nSPS) is 13.3. The SMILES string of the molecule is CC/C=C\C/C=C\C/C=C\C/C=C\CCCCCCCCCCCCC(=O)OC(COC(=O)CCCCCCCCCCCCCCCCCCCCCCCCCCCCCCCCCCCCCCCCCC)COP(=O)([O-])OCC[N+](C)(C)C. The van der Waals surface area contributed by atoms with E-state index in [-0.39, 0.29) is 32.0 Å². The molecule has 0 amide bonds. The Balaban J connectivity index is 3.88. The number of phosphoric ester groups is 1. The molecule has 10 heteroatoms. The molecule has 87 heavy (non-hydrogen) atoms. The van der Waals surface area contributed by atoms with Crippen LogP contribution in [0.1, 0.15) is 380 Å². The summed E-state index contributed by atoms with van der Waals surface area (Å²) in [5.41, 5.74) is 0. The summed E-state index contributed by atoms with van der Waals surface area (Å²) in [7, 11) is 1.18. The van der Waals surface area contributed by atoms with Crippen molar-refractivity contribution in [2.24, 2.45) is 0 Å². The fraction of sp³-hybridized carbons (Fsp3) is 0.870. The van der Waals surface area contributed by atoms with Crippen molar-refractivity contribution in [2.75, 3.05) is 47.5 Å². The van der Waals surface area contributed by atoms with Crippen LogP contribution in [0.2, 0.25) is 0 Å². The van der Waals surface area contributed by atoms with Gasteiger partial charge in [-0.25, -0.2) is 0 Å². The van der Waals surface area contributed by atoms with Gasteiger partial charge in [0, 0.05) is 12.8 Å². The third-order valence-electron chi connectivity index (χ3n) is 17.1. The fourth-order valence-electron chi connectivity index (χ4n) is 11.4. The van der Waals surface area contributed by atoms with Crippen LogP contribution >= 0.6 is 7.82 Å². The van der Waals surface area contributed by atoms with Crippen molar-refractivity contribution < 1.29 is 42.1 Å². The van der Waals surface area contributed by atoms with Crippen LogP contribution in [0.3, 0.4) is 0 Å². The predicted octanol–water partition coefficient (Wildman–Crippen LogP) is 24.1. The van der Waals surface area contributed by atoms with Gasteiger partial charge in [-0.3, -0.25) is 14.2 Å². The van der Waals surface area contributed by atoms with E-state index >= 15 is 0 Å². The highest BCUT2D eigenvalue weighted by Gasteiger charge is 2.22. The van der Waals surface area contributed by atoms with Crippen LogP contribution in [0.5, 0.6) is 0 Å². The molecule has 2 atom stereocenters. The molecule has 0 spiro atoms. The highest BCUT2D eigenvalue weighted by molar-refractivity contribution is 7.45. The number of esters is 2. The summed E-state index contributed by atoms with van der Waals surface area (Å²) in [6.07, 6.45) is 89.5. The van der Waals surface area contributed by atoms with E-state index in [1.54, 1.807) is 0 Å². The van der Waals surface area contributed by atoms with Gasteiger partial charge in [0.2, 0.25) is 0 Å². The number of hydrogen-bond donors (Lipinski definition) is 0. The van der Waals surface area contributed by atoms with Crippen molar-refractivity contribution in [3.05, 3.63) is 48.6 Å². The highest BCUT2D eigenvalue weighted by atomic mass is 31.2. The number of hydrogen-bond acceptors (Lipinski definition) is 8. The number of rotatable bonds is 71. The van der Waals surface area contributed by atoms with E-state index < -0.39 is 26.5 Å². The first-order valence-electron chi connectivity index (χ1n) is 37.8. The first kappa shape index (κ1) is 85.0. The number of carbonyl (C=O) groups excluding carboxylic acids is 2. The minimum absolute atomic E-state index is 0.0310. The molecule has 0 heterocycles. The summed E-state index contributed by atoms with van der Waals surface area (Å²) in [5.74, 6) is -0.821. The molecule has 0 fully saturated rings. The molecule has 0 aromatic rings. The van der Waals surface area contributed by atoms with Crippen molar-refractivity contribution >= 4 is 19.8 Å². The van der Waals surface area contributed by atoms with Gasteiger partial charge in [0.25, 0.3) is 7.82 Å². The Morgan fingerprint density at radius 2 is 0.655 bits per heavy atom. The molecule has 0 N–H and O–H groups in total. The zero-order valence-corrected chi connectivity index (χ0v) is 59.4. The standard InChI is InChI=1S/C77H146NO8P/c1-6-8-10-12-14-16-18-20-22-24-26-28-30-31-32-33-34-35-36-37-38-39-40-41-42-43-44-45-46-48-49-51-53-55-57-59-61-63-65-67-69-76(79)83-73-75(74-85-87(81,82)84-72-71-78(3,4)5)86-77(80)70-68-66-64-62-60-58-56-54-52-50-47-29-27-25-23-21-19-17-15-13-11-9-7-2/h9,11,15,17,21,23,27,29,75H,6-8,10,12-14,16,18-20,22,24-26,28,30-74H2,1-5H3/b11-9-,17-15-,23-21-,29-27-. The Bertz CT molecular complexity index is 1610. The number of nitrogens with zero attached hydrogens (tertiary/aromatic N) is 1. The third-order valence-corrected chi connectivity index (χ3v) is 18.1. The van der Waals surface area contributed by atoms with Gasteiger partial charge in [0.15, 0.2) is 6.10 Å². The second kappa shape index (κ2) is 68.3. The summed E-state index contributed by atoms with van der Waals surface area (Å²) >= 11 is 0. The first-order chi connectivity index (χ1) is 42.5. The van der Waals surface area contributed by atoms with E-state index in [2.05, 4.69) is 62.5 Å². The van der Waals surface area contributed by atoms with Gasteiger partial charge in [-0.15, -0.1) is 0 Å². The fourth-order valence-corrected chi connectivity index (χ4v) is 12.1. The quantitative estimate of drug-likeness (QED) is 0.0195. The lowest BCUT2D eigenvalue weighted by Crippen LogP contribution is -2.37. The molecule has 0 bridgehead atoms. The maximum Gasteiger partial charge on any atom is 0.306 e. The predicted molar refractivity (Wildman–Crippen MR) is 374 cm³/mol. The van der Waals surface area contributed by atoms with Crippen molar-refractivity contribution in [2.45, 2.75) is 386 Å². The summed E-state index contributed by atoms with van der Waals surface area (Å²) in [6, 6.07) is 0. The molecule has 0 radical (unpaired) electrons. The summed E-state index contributed by atoms with van der Waals surface area (Å²) in [6.45, 7) is 4.18. The zero-order chi connectivity index (χ0) is 63.4. The second-order valence-electron chi connectivity index (χ2n) is 27.0. The number of quaternary nitrogens is 1. The molecule has 0 aliphatic carbocycles. The first-order valence-corrected chi connectivity index (χ1v) is 39.3. The number of allylic oxidation sites excluding steroid dienone is 8. The Kier molecular flexibility index (Phi) is 66.7. The number of ether oxygens (including phenoxy) is 2. The van der Waals surface area contributed by atoms with E-state index in [0.29, 0.717) is 17.4 Å². The highest BCUT2D eigenvalue weighted by Crippen LogP contribution is 2.38. The van der Waals surface area contributed by atoms with Gasteiger partial charge < -0.3 is 27.9 Å². The molecule has 0 aliphatic rings. The molecular formula is C77H146NO8P. The van der Waals surface area contributed by atoms with Crippen molar-refractivity contribution in [1.29, 1.82) is 0 Å². The van der Waals surface area contributed by atoms with Gasteiger partial charge in [0.05, 0.1) is 27.7 Å². The van der Waals surface area contributed by atoms with Gasteiger partial charge >= 0.3 is 11.9 Å². The Hall–Kier alpha value is -2.03. The van der Waals surface area contributed by atoms with Crippen molar-refractivity contribution in [3.63, 3.8) is 0 Å². The molecule has 0 saturated heterocycles. The van der Waals surface area contributed by atoms with Crippen molar-refractivity contribution in [1.82, 2.24) is 0 Å². The maximum atomic E-state index is 12.9. The number of likely N-dealkylation sites (N-methyl/N-ethyl adjacent to an activating group) is 1. The topological polar surface area (TPSA) is 111 Å².